The molecule has 2 heterocycles. The minimum atomic E-state index is -0.938. The van der Waals surface area contributed by atoms with Crippen LogP contribution in [0.2, 0.25) is 0 Å². The Labute approximate surface area is 129 Å². The van der Waals surface area contributed by atoms with Crippen molar-refractivity contribution < 1.29 is 14.7 Å². The van der Waals surface area contributed by atoms with Crippen LogP contribution in [0.15, 0.2) is 24.5 Å². The molecule has 2 rings (SSSR count). The summed E-state index contributed by atoms with van der Waals surface area (Å²) in [4.78, 5) is 30.7. The molecule has 0 aromatic carbocycles. The molecule has 1 saturated heterocycles. The predicted molar refractivity (Wildman–Crippen MR) is 82.8 cm³/mol. The maximum Gasteiger partial charge on any atom is 0.407 e. The lowest BCUT2D eigenvalue weighted by Gasteiger charge is -2.45. The molecule has 3 amide bonds. The van der Waals surface area contributed by atoms with Crippen molar-refractivity contribution in [2.24, 2.45) is 5.41 Å². The second kappa shape index (κ2) is 6.21. The summed E-state index contributed by atoms with van der Waals surface area (Å²) in [5.74, 6) is 0. The summed E-state index contributed by atoms with van der Waals surface area (Å²) in [6.07, 6.45) is 2.27. The van der Waals surface area contributed by atoms with Crippen LogP contribution >= 0.6 is 0 Å². The van der Waals surface area contributed by atoms with Crippen LogP contribution in [-0.4, -0.2) is 57.7 Å². The molecule has 1 fully saturated rings. The Morgan fingerprint density at radius 1 is 1.36 bits per heavy atom. The first-order valence-electron chi connectivity index (χ1n) is 7.24. The van der Waals surface area contributed by atoms with Gasteiger partial charge in [-0.05, 0) is 17.5 Å². The third-order valence-electron chi connectivity index (χ3n) is 3.83. The van der Waals surface area contributed by atoms with E-state index in [0.29, 0.717) is 25.3 Å². The van der Waals surface area contributed by atoms with E-state index in [9.17, 15) is 14.7 Å². The van der Waals surface area contributed by atoms with Crippen LogP contribution in [0.25, 0.3) is 0 Å². The number of urea groups is 1. The standard InChI is InChI=1S/C15H22N4O3/c1-15(2,3)12-10-18(7-8-19(12)14(21)22)13(20)17-11-5-4-6-16-9-11/h4-6,9,12H,7-8,10H2,1-3H3,(H,17,20)(H,21,22). The van der Waals surface area contributed by atoms with E-state index in [1.165, 1.54) is 4.90 Å². The van der Waals surface area contributed by atoms with Crippen molar-refractivity contribution in [3.05, 3.63) is 24.5 Å². The van der Waals surface area contributed by atoms with Gasteiger partial charge in [0.05, 0.1) is 17.9 Å². The van der Waals surface area contributed by atoms with Crippen molar-refractivity contribution in [3.8, 4) is 0 Å². The van der Waals surface area contributed by atoms with Crippen molar-refractivity contribution in [1.29, 1.82) is 0 Å². The highest BCUT2D eigenvalue weighted by atomic mass is 16.4. The lowest BCUT2D eigenvalue weighted by atomic mass is 9.84. The first kappa shape index (κ1) is 16.1. The monoisotopic (exact) mass is 306 g/mol. The Morgan fingerprint density at radius 3 is 2.64 bits per heavy atom. The van der Waals surface area contributed by atoms with Crippen molar-refractivity contribution in [2.75, 3.05) is 25.0 Å². The zero-order chi connectivity index (χ0) is 16.3. The van der Waals surface area contributed by atoms with E-state index >= 15 is 0 Å². The van der Waals surface area contributed by atoms with E-state index in [-0.39, 0.29) is 17.5 Å². The summed E-state index contributed by atoms with van der Waals surface area (Å²) in [5, 5.41) is 12.1. The number of nitrogens with zero attached hydrogens (tertiary/aromatic N) is 3. The Balaban J connectivity index is 2.07. The zero-order valence-electron chi connectivity index (χ0n) is 13.1. The fraction of sp³-hybridized carbons (Fsp3) is 0.533. The number of pyridine rings is 1. The van der Waals surface area contributed by atoms with Crippen molar-refractivity contribution in [1.82, 2.24) is 14.8 Å². The van der Waals surface area contributed by atoms with Gasteiger partial charge in [0, 0.05) is 25.8 Å². The molecule has 0 saturated carbocycles. The average Bonchev–Trinajstić information content (AvgIpc) is 2.46. The number of hydrogen-bond donors (Lipinski definition) is 2. The molecule has 1 aliphatic rings. The second-order valence-corrected chi connectivity index (χ2v) is 6.48. The van der Waals surface area contributed by atoms with Gasteiger partial charge in [-0.3, -0.25) is 4.98 Å². The highest BCUT2D eigenvalue weighted by Crippen LogP contribution is 2.28. The van der Waals surface area contributed by atoms with E-state index in [4.69, 9.17) is 0 Å². The van der Waals surface area contributed by atoms with Crippen molar-refractivity contribution >= 4 is 17.8 Å². The molecule has 0 aliphatic carbocycles. The van der Waals surface area contributed by atoms with E-state index in [0.717, 1.165) is 0 Å². The zero-order valence-corrected chi connectivity index (χ0v) is 13.1. The van der Waals surface area contributed by atoms with Gasteiger partial charge in [0.2, 0.25) is 0 Å². The van der Waals surface area contributed by atoms with Gasteiger partial charge in [0.25, 0.3) is 0 Å². The molecule has 7 heteroatoms. The molecule has 1 atom stereocenters. The molecule has 120 valence electrons. The lowest BCUT2D eigenvalue weighted by Crippen LogP contribution is -2.61. The number of amides is 3. The summed E-state index contributed by atoms with van der Waals surface area (Å²) in [6, 6.07) is 3.04. The molecule has 1 unspecified atom stereocenters. The third kappa shape index (κ3) is 3.66. The summed E-state index contributed by atoms with van der Waals surface area (Å²) in [5.41, 5.74) is 0.381. The molecule has 1 aromatic rings. The van der Waals surface area contributed by atoms with Crippen LogP contribution in [0.4, 0.5) is 15.3 Å². The fourth-order valence-corrected chi connectivity index (χ4v) is 2.58. The molecule has 0 bridgehead atoms. The van der Waals surface area contributed by atoms with Crippen molar-refractivity contribution in [2.45, 2.75) is 26.8 Å². The number of hydrogen-bond acceptors (Lipinski definition) is 3. The normalized spacial score (nSPS) is 19.0. The van der Waals surface area contributed by atoms with Gasteiger partial charge in [-0.1, -0.05) is 20.8 Å². The van der Waals surface area contributed by atoms with Gasteiger partial charge in [-0.15, -0.1) is 0 Å². The first-order chi connectivity index (χ1) is 10.3. The molecule has 0 spiro atoms. The lowest BCUT2D eigenvalue weighted by molar-refractivity contribution is 0.0355. The molecular formula is C15H22N4O3. The van der Waals surface area contributed by atoms with E-state index in [2.05, 4.69) is 10.3 Å². The van der Waals surface area contributed by atoms with Crippen LogP contribution in [0.1, 0.15) is 20.8 Å². The van der Waals surface area contributed by atoms with Gasteiger partial charge < -0.3 is 20.2 Å². The number of nitrogens with one attached hydrogen (secondary N) is 1. The van der Waals surface area contributed by atoms with Gasteiger partial charge in [-0.2, -0.15) is 0 Å². The molecule has 2 N–H and O–H groups in total. The molecular weight excluding hydrogens is 284 g/mol. The molecule has 0 radical (unpaired) electrons. The van der Waals surface area contributed by atoms with Crippen LogP contribution < -0.4 is 5.32 Å². The highest BCUT2D eigenvalue weighted by Gasteiger charge is 2.39. The number of piperazine rings is 1. The predicted octanol–water partition coefficient (Wildman–Crippen LogP) is 2.32. The smallest absolute Gasteiger partial charge is 0.407 e. The minimum Gasteiger partial charge on any atom is -0.465 e. The maximum absolute atomic E-state index is 12.3. The minimum absolute atomic E-state index is 0.229. The first-order valence-corrected chi connectivity index (χ1v) is 7.24. The number of aromatic nitrogens is 1. The molecule has 1 aromatic heterocycles. The Hall–Kier alpha value is -2.31. The summed E-state index contributed by atoms with van der Waals surface area (Å²) >= 11 is 0. The summed E-state index contributed by atoms with van der Waals surface area (Å²) in [6.45, 7) is 7.02. The number of carbonyl (C=O) groups is 2. The van der Waals surface area contributed by atoms with E-state index < -0.39 is 6.09 Å². The number of carbonyl (C=O) groups excluding carboxylic acids is 1. The molecule has 7 nitrogen and oxygen atoms in total. The number of rotatable bonds is 1. The summed E-state index contributed by atoms with van der Waals surface area (Å²) in [7, 11) is 0. The highest BCUT2D eigenvalue weighted by molar-refractivity contribution is 5.89. The topological polar surface area (TPSA) is 85.8 Å². The van der Waals surface area contributed by atoms with E-state index in [1.54, 1.807) is 29.4 Å². The van der Waals surface area contributed by atoms with Crippen molar-refractivity contribution in [3.63, 3.8) is 0 Å². The summed E-state index contributed by atoms with van der Waals surface area (Å²) < 4.78 is 0. The van der Waals surface area contributed by atoms with E-state index in [1.807, 2.05) is 20.8 Å². The molecule has 22 heavy (non-hydrogen) atoms. The Bertz CT molecular complexity index is 541. The SMILES string of the molecule is CC(C)(C)C1CN(C(=O)Nc2cccnc2)CCN1C(=O)O. The van der Waals surface area contributed by atoms with Gasteiger partial charge in [0.15, 0.2) is 0 Å². The van der Waals surface area contributed by atoms with Gasteiger partial charge >= 0.3 is 12.1 Å². The largest absolute Gasteiger partial charge is 0.465 e. The average molecular weight is 306 g/mol. The maximum atomic E-state index is 12.3. The second-order valence-electron chi connectivity index (χ2n) is 6.48. The fourth-order valence-electron chi connectivity index (χ4n) is 2.58. The van der Waals surface area contributed by atoms with Crippen LogP contribution in [0.3, 0.4) is 0 Å². The van der Waals surface area contributed by atoms with Crippen LogP contribution in [0, 0.1) is 5.41 Å². The Morgan fingerprint density at radius 2 is 2.09 bits per heavy atom. The van der Waals surface area contributed by atoms with Gasteiger partial charge in [-0.25, -0.2) is 9.59 Å². The number of anilines is 1. The van der Waals surface area contributed by atoms with Crippen LogP contribution in [0.5, 0.6) is 0 Å². The quantitative estimate of drug-likeness (QED) is 0.833. The van der Waals surface area contributed by atoms with Gasteiger partial charge in [0.1, 0.15) is 0 Å². The van der Waals surface area contributed by atoms with Crippen LogP contribution in [-0.2, 0) is 0 Å². The Kier molecular flexibility index (Phi) is 4.54. The number of carboxylic acid groups (broad SMARTS) is 1. The molecule has 1 aliphatic heterocycles. The third-order valence-corrected chi connectivity index (χ3v) is 3.83.